The van der Waals surface area contributed by atoms with Crippen molar-refractivity contribution < 1.29 is 18.9 Å². The summed E-state index contributed by atoms with van der Waals surface area (Å²) < 4.78 is 22.2. The first-order chi connectivity index (χ1) is 10.7. The molecule has 2 aliphatic carbocycles. The fourth-order valence-electron chi connectivity index (χ4n) is 4.99. The van der Waals surface area contributed by atoms with Gasteiger partial charge in [0, 0.05) is 46.5 Å². The van der Waals surface area contributed by atoms with Crippen LogP contribution in [0.1, 0.15) is 51.4 Å². The molecule has 5 atom stereocenters. The van der Waals surface area contributed by atoms with Crippen molar-refractivity contribution in [1.82, 2.24) is 0 Å². The van der Waals surface area contributed by atoms with Crippen LogP contribution in [0.2, 0.25) is 0 Å². The molecule has 0 aromatic heterocycles. The molecule has 128 valence electrons. The molecule has 5 unspecified atom stereocenters. The molecule has 0 amide bonds. The number of methoxy groups -OCH3 is 3. The second-order valence-electron chi connectivity index (χ2n) is 7.40. The van der Waals surface area contributed by atoms with E-state index in [0.29, 0.717) is 36.4 Å². The molecule has 3 aliphatic rings. The molecule has 2 saturated carbocycles. The van der Waals surface area contributed by atoms with Gasteiger partial charge in [0.2, 0.25) is 0 Å². The van der Waals surface area contributed by atoms with E-state index in [-0.39, 0.29) is 0 Å². The Balaban J connectivity index is 1.58. The van der Waals surface area contributed by atoms with Gasteiger partial charge in [-0.15, -0.1) is 0 Å². The van der Waals surface area contributed by atoms with Crippen LogP contribution >= 0.6 is 0 Å². The molecule has 0 radical (unpaired) electrons. The Kier molecular flexibility index (Phi) is 5.77. The summed E-state index contributed by atoms with van der Waals surface area (Å²) in [5, 5.41) is 0. The van der Waals surface area contributed by atoms with Crippen LogP contribution in [-0.4, -0.2) is 56.6 Å². The Morgan fingerprint density at radius 3 is 2.05 bits per heavy atom. The highest BCUT2D eigenvalue weighted by atomic mass is 16.5. The summed E-state index contributed by atoms with van der Waals surface area (Å²) in [6.45, 7) is 0. The van der Waals surface area contributed by atoms with Gasteiger partial charge in [-0.3, -0.25) is 0 Å². The molecule has 1 aliphatic heterocycles. The minimum atomic E-state index is 0.318. The molecule has 0 bridgehead atoms. The quantitative estimate of drug-likeness (QED) is 0.749. The highest BCUT2D eigenvalue weighted by molar-refractivity contribution is 4.93. The molecule has 22 heavy (non-hydrogen) atoms. The first-order valence-electron chi connectivity index (χ1n) is 9.03. The van der Waals surface area contributed by atoms with Crippen molar-refractivity contribution in [3.63, 3.8) is 0 Å². The topological polar surface area (TPSA) is 40.5 Å². The van der Waals surface area contributed by atoms with Crippen LogP contribution in [0.3, 0.4) is 0 Å². The van der Waals surface area contributed by atoms with Gasteiger partial charge in [0.15, 0.2) is 12.2 Å². The Labute approximate surface area is 134 Å². The summed E-state index contributed by atoms with van der Waals surface area (Å²) in [6.07, 6.45) is 11.8. The summed E-state index contributed by atoms with van der Waals surface area (Å²) in [5.41, 5.74) is 0. The first kappa shape index (κ1) is 16.7. The fraction of sp³-hybridized carbons (Fsp3) is 1.00. The Bertz CT molecular complexity index is 340. The van der Waals surface area contributed by atoms with Crippen LogP contribution in [0, 0.1) is 11.8 Å². The molecule has 0 aromatic carbocycles. The highest BCUT2D eigenvalue weighted by Gasteiger charge is 2.48. The lowest BCUT2D eigenvalue weighted by molar-refractivity contribution is -0.268. The minimum absolute atomic E-state index is 0.318. The first-order valence-corrected chi connectivity index (χ1v) is 9.03. The van der Waals surface area contributed by atoms with Gasteiger partial charge >= 0.3 is 0 Å². The van der Waals surface area contributed by atoms with Crippen molar-refractivity contribution >= 4 is 0 Å². The number of ether oxygens (including phenoxy) is 4. The molecule has 3 fully saturated rings. The maximum atomic E-state index is 5.75. The molecule has 4 nitrogen and oxygen atoms in total. The lowest BCUT2D eigenvalue weighted by atomic mass is 9.74. The van der Waals surface area contributed by atoms with Gasteiger partial charge in [-0.05, 0) is 32.1 Å². The zero-order chi connectivity index (χ0) is 15.5. The summed E-state index contributed by atoms with van der Waals surface area (Å²) >= 11 is 0. The third-order valence-electron chi connectivity index (χ3n) is 6.38. The van der Waals surface area contributed by atoms with Gasteiger partial charge in [-0.2, -0.15) is 0 Å². The zero-order valence-electron chi connectivity index (χ0n) is 14.4. The number of hydrogen-bond donors (Lipinski definition) is 0. The standard InChI is InChI=1S/C18H32O4/c1-19-13-6-4-12(5-7-13)16-9-8-15-17(21-3)10-14(20-2)11-18(15)22-16/h12-18H,4-11H2,1-3H3/p+1. The van der Waals surface area contributed by atoms with Crippen LogP contribution in [-0.2, 0) is 14.2 Å². The normalized spacial score (nSPS) is 46.2. The van der Waals surface area contributed by atoms with Gasteiger partial charge in [0.05, 0.1) is 24.2 Å². The van der Waals surface area contributed by atoms with Crippen LogP contribution in [0.15, 0.2) is 0 Å². The molecular formula is C18H33O4+. The van der Waals surface area contributed by atoms with Crippen molar-refractivity contribution in [2.75, 3.05) is 21.3 Å². The fourth-order valence-corrected chi connectivity index (χ4v) is 4.99. The van der Waals surface area contributed by atoms with E-state index in [0.717, 1.165) is 18.8 Å². The Morgan fingerprint density at radius 1 is 0.682 bits per heavy atom. The summed E-state index contributed by atoms with van der Waals surface area (Å²) in [4.78, 5) is 0. The molecule has 3 rings (SSSR count). The van der Waals surface area contributed by atoms with E-state index in [4.69, 9.17) is 18.9 Å². The summed E-state index contributed by atoms with van der Waals surface area (Å²) in [5.74, 6) is 1.39. The molecule has 0 spiro atoms. The number of rotatable bonds is 4. The van der Waals surface area contributed by atoms with Crippen molar-refractivity contribution in [1.29, 1.82) is 0 Å². The van der Waals surface area contributed by atoms with Crippen LogP contribution in [0.5, 0.6) is 0 Å². The highest BCUT2D eigenvalue weighted by Crippen LogP contribution is 2.41. The average molecular weight is 313 g/mol. The third kappa shape index (κ3) is 3.50. The van der Waals surface area contributed by atoms with Crippen molar-refractivity contribution in [3.05, 3.63) is 0 Å². The van der Waals surface area contributed by atoms with Gasteiger partial charge < -0.3 is 18.9 Å². The van der Waals surface area contributed by atoms with Gasteiger partial charge in [-0.1, -0.05) is 0 Å². The van der Waals surface area contributed by atoms with E-state index >= 15 is 0 Å². The van der Waals surface area contributed by atoms with E-state index in [9.17, 15) is 0 Å². The molecule has 1 saturated heterocycles. The largest absolute Gasteiger partial charge is 0.429 e. The predicted octanol–water partition coefficient (Wildman–Crippen LogP) is 2.69. The lowest BCUT2D eigenvalue weighted by Crippen LogP contribution is -2.52. The third-order valence-corrected chi connectivity index (χ3v) is 6.38. The van der Waals surface area contributed by atoms with E-state index in [1.165, 1.54) is 38.5 Å². The van der Waals surface area contributed by atoms with Crippen molar-refractivity contribution in [2.24, 2.45) is 11.8 Å². The summed E-state index contributed by atoms with van der Waals surface area (Å²) in [7, 11) is 5.51. The maximum Gasteiger partial charge on any atom is 0.162 e. The Morgan fingerprint density at radius 2 is 1.41 bits per heavy atom. The molecule has 1 heterocycles. The second kappa shape index (κ2) is 7.61. The SMILES string of the molecule is COC1CCC(C2CCC3C(OC)CC(OC)CC3[OH+]2)CC1. The van der Waals surface area contributed by atoms with E-state index < -0.39 is 0 Å². The van der Waals surface area contributed by atoms with Crippen LogP contribution < -0.4 is 0 Å². The smallest absolute Gasteiger partial charge is 0.162 e. The minimum Gasteiger partial charge on any atom is -0.429 e. The zero-order valence-corrected chi connectivity index (χ0v) is 14.4. The molecule has 4 heteroatoms. The van der Waals surface area contributed by atoms with Crippen LogP contribution in [0.25, 0.3) is 0 Å². The second-order valence-corrected chi connectivity index (χ2v) is 7.40. The molecule has 1 N–H and O–H groups in total. The van der Waals surface area contributed by atoms with Crippen molar-refractivity contribution in [2.45, 2.75) is 81.9 Å². The van der Waals surface area contributed by atoms with Gasteiger partial charge in [0.25, 0.3) is 0 Å². The van der Waals surface area contributed by atoms with E-state index in [1.807, 2.05) is 21.3 Å². The molecule has 0 aromatic rings. The van der Waals surface area contributed by atoms with E-state index in [1.54, 1.807) is 0 Å². The number of aliphatic hydroxyl groups is 2. The van der Waals surface area contributed by atoms with E-state index in [2.05, 4.69) is 0 Å². The maximum absolute atomic E-state index is 5.75. The lowest BCUT2D eigenvalue weighted by Gasteiger charge is -2.44. The van der Waals surface area contributed by atoms with Gasteiger partial charge in [0.1, 0.15) is 0 Å². The van der Waals surface area contributed by atoms with Crippen LogP contribution in [0.4, 0.5) is 0 Å². The number of fused-ring (bicyclic) bond motifs is 1. The monoisotopic (exact) mass is 313 g/mol. The predicted molar refractivity (Wildman–Crippen MR) is 86.1 cm³/mol. The summed E-state index contributed by atoms with van der Waals surface area (Å²) in [6, 6.07) is 0. The van der Waals surface area contributed by atoms with Gasteiger partial charge in [-0.25, -0.2) is 0 Å². The number of hydrogen-bond acceptors (Lipinski definition) is 3. The average Bonchev–Trinajstić information content (AvgIpc) is 2.60. The van der Waals surface area contributed by atoms with Crippen molar-refractivity contribution in [3.8, 4) is 0 Å². The molecular weight excluding hydrogens is 280 g/mol. The Hall–Kier alpha value is -0.160.